The first-order valence-electron chi connectivity index (χ1n) is 5.35. The standard InChI is InChI=1S/C12H20N2O/c1-9(2)15-11-5-3-10(4-6-11)12(14)7-8-13/h3-6,9,12H,7-8,13-14H2,1-2H3/t12-/m1/s1. The zero-order valence-electron chi connectivity index (χ0n) is 9.44. The van der Waals surface area contributed by atoms with Gasteiger partial charge >= 0.3 is 0 Å². The second-order valence-electron chi connectivity index (χ2n) is 3.92. The van der Waals surface area contributed by atoms with Gasteiger partial charge in [-0.25, -0.2) is 0 Å². The highest BCUT2D eigenvalue weighted by molar-refractivity contribution is 5.29. The fourth-order valence-electron chi connectivity index (χ4n) is 1.41. The fourth-order valence-corrected chi connectivity index (χ4v) is 1.41. The largest absolute Gasteiger partial charge is 0.491 e. The van der Waals surface area contributed by atoms with Crippen molar-refractivity contribution in [2.75, 3.05) is 6.54 Å². The van der Waals surface area contributed by atoms with Crippen molar-refractivity contribution in [3.63, 3.8) is 0 Å². The van der Waals surface area contributed by atoms with Crippen LogP contribution in [0.4, 0.5) is 0 Å². The van der Waals surface area contributed by atoms with E-state index in [1.165, 1.54) is 0 Å². The van der Waals surface area contributed by atoms with E-state index in [1.54, 1.807) is 0 Å². The summed E-state index contributed by atoms with van der Waals surface area (Å²) in [6.45, 7) is 4.63. The van der Waals surface area contributed by atoms with Crippen molar-refractivity contribution in [3.8, 4) is 5.75 Å². The minimum atomic E-state index is 0.0306. The Bertz CT molecular complexity index is 282. The number of hydrogen-bond acceptors (Lipinski definition) is 3. The van der Waals surface area contributed by atoms with Crippen LogP contribution < -0.4 is 16.2 Å². The molecule has 0 fully saturated rings. The maximum atomic E-state index is 5.94. The van der Waals surface area contributed by atoms with Gasteiger partial charge in [0, 0.05) is 6.04 Å². The highest BCUT2D eigenvalue weighted by Crippen LogP contribution is 2.18. The Kier molecular flexibility index (Phi) is 4.59. The number of hydrogen-bond donors (Lipinski definition) is 2. The van der Waals surface area contributed by atoms with Crippen LogP contribution in [0, 0.1) is 0 Å². The maximum absolute atomic E-state index is 5.94. The summed E-state index contributed by atoms with van der Waals surface area (Å²) in [7, 11) is 0. The molecule has 0 aliphatic carbocycles. The average Bonchev–Trinajstić information content (AvgIpc) is 2.18. The Morgan fingerprint density at radius 1 is 1.20 bits per heavy atom. The third kappa shape index (κ3) is 3.90. The van der Waals surface area contributed by atoms with E-state index in [1.807, 2.05) is 38.1 Å². The van der Waals surface area contributed by atoms with E-state index in [9.17, 15) is 0 Å². The third-order valence-electron chi connectivity index (χ3n) is 2.16. The van der Waals surface area contributed by atoms with Crippen LogP contribution >= 0.6 is 0 Å². The lowest BCUT2D eigenvalue weighted by Gasteiger charge is -2.13. The van der Waals surface area contributed by atoms with Crippen molar-refractivity contribution >= 4 is 0 Å². The first-order chi connectivity index (χ1) is 7.13. The van der Waals surface area contributed by atoms with Gasteiger partial charge in [0.05, 0.1) is 6.10 Å². The minimum Gasteiger partial charge on any atom is -0.491 e. The molecule has 0 radical (unpaired) electrons. The molecule has 3 nitrogen and oxygen atoms in total. The van der Waals surface area contributed by atoms with Crippen molar-refractivity contribution in [2.45, 2.75) is 32.4 Å². The lowest BCUT2D eigenvalue weighted by Crippen LogP contribution is -2.15. The molecule has 84 valence electrons. The maximum Gasteiger partial charge on any atom is 0.119 e. The summed E-state index contributed by atoms with van der Waals surface area (Å²) < 4.78 is 5.54. The summed E-state index contributed by atoms with van der Waals surface area (Å²) in [5.41, 5.74) is 12.5. The molecule has 1 aromatic rings. The first kappa shape index (κ1) is 12.0. The molecule has 15 heavy (non-hydrogen) atoms. The Morgan fingerprint density at radius 2 is 1.80 bits per heavy atom. The molecule has 0 aliphatic rings. The summed E-state index contributed by atoms with van der Waals surface area (Å²) >= 11 is 0. The van der Waals surface area contributed by atoms with E-state index < -0.39 is 0 Å². The van der Waals surface area contributed by atoms with E-state index in [-0.39, 0.29) is 12.1 Å². The number of ether oxygens (including phenoxy) is 1. The van der Waals surface area contributed by atoms with E-state index >= 15 is 0 Å². The Labute approximate surface area is 91.4 Å². The van der Waals surface area contributed by atoms with Gasteiger partial charge < -0.3 is 16.2 Å². The normalized spacial score (nSPS) is 12.9. The van der Waals surface area contributed by atoms with Crippen LogP contribution in [0.15, 0.2) is 24.3 Å². The van der Waals surface area contributed by atoms with Gasteiger partial charge in [0.2, 0.25) is 0 Å². The van der Waals surface area contributed by atoms with Gasteiger partial charge in [-0.05, 0) is 44.5 Å². The summed E-state index contributed by atoms with van der Waals surface area (Å²) in [5, 5.41) is 0. The molecule has 0 bridgehead atoms. The molecule has 0 aromatic heterocycles. The molecule has 0 heterocycles. The highest BCUT2D eigenvalue weighted by Gasteiger charge is 2.05. The first-order valence-corrected chi connectivity index (χ1v) is 5.35. The molecule has 1 atom stereocenters. The average molecular weight is 208 g/mol. The monoisotopic (exact) mass is 208 g/mol. The van der Waals surface area contributed by atoms with E-state index in [0.29, 0.717) is 6.54 Å². The van der Waals surface area contributed by atoms with Gasteiger partial charge in [-0.3, -0.25) is 0 Å². The van der Waals surface area contributed by atoms with Gasteiger partial charge in [-0.1, -0.05) is 12.1 Å². The Hall–Kier alpha value is -1.06. The molecular weight excluding hydrogens is 188 g/mol. The second kappa shape index (κ2) is 5.73. The molecule has 0 aliphatic heterocycles. The van der Waals surface area contributed by atoms with Gasteiger partial charge in [0.15, 0.2) is 0 Å². The second-order valence-corrected chi connectivity index (χ2v) is 3.92. The summed E-state index contributed by atoms with van der Waals surface area (Å²) in [4.78, 5) is 0. The van der Waals surface area contributed by atoms with Crippen LogP contribution in [-0.4, -0.2) is 12.6 Å². The smallest absolute Gasteiger partial charge is 0.119 e. The lowest BCUT2D eigenvalue weighted by molar-refractivity contribution is 0.242. The van der Waals surface area contributed by atoms with Gasteiger partial charge in [-0.15, -0.1) is 0 Å². The molecule has 3 heteroatoms. The molecular formula is C12H20N2O. The van der Waals surface area contributed by atoms with Crippen LogP contribution in [-0.2, 0) is 0 Å². The molecule has 4 N–H and O–H groups in total. The summed E-state index contributed by atoms with van der Waals surface area (Å²) in [6, 6.07) is 7.93. The predicted octanol–water partition coefficient (Wildman–Crippen LogP) is 1.82. The SMILES string of the molecule is CC(C)Oc1ccc([C@H](N)CCN)cc1. The van der Waals surface area contributed by atoms with Crippen LogP contribution in [0.3, 0.4) is 0 Å². The zero-order chi connectivity index (χ0) is 11.3. The van der Waals surface area contributed by atoms with E-state index in [2.05, 4.69) is 0 Å². The third-order valence-corrected chi connectivity index (χ3v) is 2.16. The lowest BCUT2D eigenvalue weighted by atomic mass is 10.0. The number of benzene rings is 1. The van der Waals surface area contributed by atoms with Crippen molar-refractivity contribution in [1.29, 1.82) is 0 Å². The van der Waals surface area contributed by atoms with Crippen LogP contribution in [0.25, 0.3) is 0 Å². The van der Waals surface area contributed by atoms with Crippen LogP contribution in [0.2, 0.25) is 0 Å². The van der Waals surface area contributed by atoms with Crippen LogP contribution in [0.5, 0.6) is 5.75 Å². The molecule has 1 aromatic carbocycles. The molecule has 0 amide bonds. The molecule has 0 saturated carbocycles. The van der Waals surface area contributed by atoms with Gasteiger partial charge in [-0.2, -0.15) is 0 Å². The zero-order valence-corrected chi connectivity index (χ0v) is 9.44. The molecule has 0 unspecified atom stereocenters. The predicted molar refractivity (Wildman–Crippen MR) is 62.8 cm³/mol. The van der Waals surface area contributed by atoms with E-state index in [4.69, 9.17) is 16.2 Å². The summed E-state index contributed by atoms with van der Waals surface area (Å²) in [6.07, 6.45) is 1.01. The topological polar surface area (TPSA) is 61.3 Å². The number of rotatable bonds is 5. The van der Waals surface area contributed by atoms with Crippen molar-refractivity contribution in [3.05, 3.63) is 29.8 Å². The molecule has 0 spiro atoms. The highest BCUT2D eigenvalue weighted by atomic mass is 16.5. The summed E-state index contributed by atoms with van der Waals surface area (Å²) in [5.74, 6) is 0.883. The van der Waals surface area contributed by atoms with Crippen molar-refractivity contribution in [2.24, 2.45) is 11.5 Å². The quantitative estimate of drug-likeness (QED) is 0.776. The number of nitrogens with two attached hydrogens (primary N) is 2. The fraction of sp³-hybridized carbons (Fsp3) is 0.500. The molecule has 0 saturated heterocycles. The van der Waals surface area contributed by atoms with Crippen molar-refractivity contribution in [1.82, 2.24) is 0 Å². The Morgan fingerprint density at radius 3 is 2.27 bits per heavy atom. The molecule has 1 rings (SSSR count). The van der Waals surface area contributed by atoms with Gasteiger partial charge in [0.1, 0.15) is 5.75 Å². The minimum absolute atomic E-state index is 0.0306. The van der Waals surface area contributed by atoms with Gasteiger partial charge in [0.25, 0.3) is 0 Å². The van der Waals surface area contributed by atoms with E-state index in [0.717, 1.165) is 17.7 Å². The Balaban J connectivity index is 2.63. The van der Waals surface area contributed by atoms with Crippen LogP contribution in [0.1, 0.15) is 31.9 Å². The van der Waals surface area contributed by atoms with Crippen molar-refractivity contribution < 1.29 is 4.74 Å².